The smallest absolute Gasteiger partial charge is 0.422 e. The summed E-state index contributed by atoms with van der Waals surface area (Å²) in [4.78, 5) is 4.45. The zero-order chi connectivity index (χ0) is 20.1. The molecule has 154 valence electrons. The van der Waals surface area contributed by atoms with E-state index < -0.39 is 12.8 Å². The Balaban J connectivity index is 2.74. The number of guanidine groups is 1. The van der Waals surface area contributed by atoms with Crippen molar-refractivity contribution in [2.75, 3.05) is 26.3 Å². The Morgan fingerprint density at radius 1 is 1.19 bits per heavy atom. The normalized spacial score (nSPS) is 13.3. The van der Waals surface area contributed by atoms with Gasteiger partial charge in [0, 0.05) is 25.3 Å². The first-order valence-corrected chi connectivity index (χ1v) is 9.30. The van der Waals surface area contributed by atoms with Crippen molar-refractivity contribution in [1.82, 2.24) is 10.6 Å². The number of halogens is 3. The number of aliphatic imine (C=N–C) groups is 1. The van der Waals surface area contributed by atoms with Crippen LogP contribution in [0.15, 0.2) is 29.3 Å². The lowest BCUT2D eigenvalue weighted by molar-refractivity contribution is -0.153. The molecule has 0 amide bonds. The van der Waals surface area contributed by atoms with Gasteiger partial charge in [-0.2, -0.15) is 13.2 Å². The molecule has 1 rings (SSSR count). The van der Waals surface area contributed by atoms with Crippen molar-refractivity contribution >= 4 is 5.96 Å². The van der Waals surface area contributed by atoms with Crippen molar-refractivity contribution in [3.63, 3.8) is 0 Å². The van der Waals surface area contributed by atoms with E-state index in [1.165, 1.54) is 6.07 Å². The number of nitrogens with one attached hydrogen (secondary N) is 2. The minimum absolute atomic E-state index is 0.143. The summed E-state index contributed by atoms with van der Waals surface area (Å²) in [5.41, 5.74) is 0.583. The van der Waals surface area contributed by atoms with Gasteiger partial charge in [0.05, 0.1) is 6.54 Å². The topological polar surface area (TPSA) is 65.9 Å². The van der Waals surface area contributed by atoms with Gasteiger partial charge in [-0.25, -0.2) is 4.99 Å². The molecule has 1 aromatic rings. The van der Waals surface area contributed by atoms with E-state index in [0.29, 0.717) is 37.0 Å². The summed E-state index contributed by atoms with van der Waals surface area (Å²) in [7, 11) is 0. The van der Waals surface area contributed by atoms with Crippen LogP contribution in [-0.4, -0.2) is 43.5 Å². The van der Waals surface area contributed by atoms with Gasteiger partial charge in [0.25, 0.3) is 0 Å². The maximum absolute atomic E-state index is 12.4. The first-order chi connectivity index (χ1) is 12.9. The first-order valence-electron chi connectivity index (χ1n) is 9.30. The second-order valence-electron chi connectivity index (χ2n) is 6.25. The molecule has 0 aliphatic rings. The fourth-order valence-corrected chi connectivity index (χ4v) is 2.62. The highest BCUT2D eigenvalue weighted by Crippen LogP contribution is 2.22. The number of ether oxygens (including phenoxy) is 1. The van der Waals surface area contributed by atoms with Crippen molar-refractivity contribution in [1.29, 1.82) is 0 Å². The average Bonchev–Trinajstić information content (AvgIpc) is 2.62. The second kappa shape index (κ2) is 12.4. The number of aliphatic hydroxyl groups is 1. The predicted octanol–water partition coefficient (Wildman–Crippen LogP) is 3.48. The maximum Gasteiger partial charge on any atom is 0.422 e. The van der Waals surface area contributed by atoms with Gasteiger partial charge < -0.3 is 20.5 Å². The van der Waals surface area contributed by atoms with Crippen LogP contribution in [-0.2, 0) is 6.54 Å². The standard InChI is InChI=1S/C19H30F3N3O2/c1-3-7-15(10-11-26)12-24-18(23-4-2)25-13-16-8-5-6-9-17(16)27-14-19(20,21)22/h5-6,8-9,15,26H,3-4,7,10-14H2,1-2H3,(H2,23,24,25). The van der Waals surface area contributed by atoms with Crippen molar-refractivity contribution in [3.05, 3.63) is 29.8 Å². The van der Waals surface area contributed by atoms with E-state index in [9.17, 15) is 13.2 Å². The largest absolute Gasteiger partial charge is 0.484 e. The third kappa shape index (κ3) is 10.1. The zero-order valence-corrected chi connectivity index (χ0v) is 16.0. The van der Waals surface area contributed by atoms with Crippen LogP contribution < -0.4 is 15.4 Å². The minimum atomic E-state index is -4.38. The van der Waals surface area contributed by atoms with E-state index in [2.05, 4.69) is 22.5 Å². The van der Waals surface area contributed by atoms with Gasteiger partial charge in [-0.05, 0) is 31.7 Å². The van der Waals surface area contributed by atoms with E-state index in [4.69, 9.17) is 9.84 Å². The zero-order valence-electron chi connectivity index (χ0n) is 16.0. The highest BCUT2D eigenvalue weighted by Gasteiger charge is 2.28. The van der Waals surface area contributed by atoms with E-state index in [1.54, 1.807) is 18.2 Å². The molecule has 1 atom stereocenters. The van der Waals surface area contributed by atoms with Crippen LogP contribution in [0.5, 0.6) is 5.75 Å². The molecule has 0 bridgehead atoms. The number of nitrogens with zero attached hydrogens (tertiary/aromatic N) is 1. The lowest BCUT2D eigenvalue weighted by Gasteiger charge is -2.18. The van der Waals surface area contributed by atoms with Gasteiger partial charge in [-0.3, -0.25) is 0 Å². The molecule has 3 N–H and O–H groups in total. The summed E-state index contributed by atoms with van der Waals surface area (Å²) in [6, 6.07) is 6.58. The van der Waals surface area contributed by atoms with Crippen molar-refractivity contribution in [2.45, 2.75) is 45.8 Å². The van der Waals surface area contributed by atoms with Gasteiger partial charge in [0.2, 0.25) is 0 Å². The molecule has 0 radical (unpaired) electrons. The summed E-state index contributed by atoms with van der Waals surface area (Å²) in [5, 5.41) is 15.5. The van der Waals surface area contributed by atoms with Crippen LogP contribution in [0.1, 0.15) is 38.7 Å². The Morgan fingerprint density at radius 2 is 1.93 bits per heavy atom. The molecule has 0 spiro atoms. The van der Waals surface area contributed by atoms with Gasteiger partial charge in [-0.1, -0.05) is 31.5 Å². The predicted molar refractivity (Wildman–Crippen MR) is 101 cm³/mol. The lowest BCUT2D eigenvalue weighted by atomic mass is 10.0. The highest BCUT2D eigenvalue weighted by atomic mass is 19.4. The van der Waals surface area contributed by atoms with Gasteiger partial charge >= 0.3 is 6.18 Å². The molecule has 27 heavy (non-hydrogen) atoms. The van der Waals surface area contributed by atoms with Crippen LogP contribution in [0, 0.1) is 5.92 Å². The molecule has 0 aliphatic carbocycles. The molecule has 1 unspecified atom stereocenters. The third-order valence-electron chi connectivity index (χ3n) is 3.91. The molecule has 0 aromatic heterocycles. The third-order valence-corrected chi connectivity index (χ3v) is 3.91. The van der Waals surface area contributed by atoms with E-state index in [-0.39, 0.29) is 18.9 Å². The second-order valence-corrected chi connectivity index (χ2v) is 6.25. The lowest BCUT2D eigenvalue weighted by Crippen LogP contribution is -2.40. The van der Waals surface area contributed by atoms with Gasteiger partial charge in [0.1, 0.15) is 5.75 Å². The monoisotopic (exact) mass is 389 g/mol. The first kappa shape index (κ1) is 23.1. The summed E-state index contributed by atoms with van der Waals surface area (Å²) >= 11 is 0. The Bertz CT molecular complexity index is 559. The number of aliphatic hydroxyl groups excluding tert-OH is 1. The van der Waals surface area contributed by atoms with E-state index >= 15 is 0 Å². The molecule has 0 aliphatic heterocycles. The van der Waals surface area contributed by atoms with E-state index in [1.807, 2.05) is 6.92 Å². The van der Waals surface area contributed by atoms with Gasteiger partial charge in [0.15, 0.2) is 12.6 Å². The van der Waals surface area contributed by atoms with Crippen molar-refractivity contribution in [3.8, 4) is 5.75 Å². The fraction of sp³-hybridized carbons (Fsp3) is 0.632. The van der Waals surface area contributed by atoms with E-state index in [0.717, 1.165) is 12.8 Å². The van der Waals surface area contributed by atoms with Crippen LogP contribution in [0.2, 0.25) is 0 Å². The molecular formula is C19H30F3N3O2. The molecule has 1 aromatic carbocycles. The summed E-state index contributed by atoms with van der Waals surface area (Å²) < 4.78 is 42.1. The number of hydrogen-bond donors (Lipinski definition) is 3. The van der Waals surface area contributed by atoms with Crippen molar-refractivity contribution in [2.24, 2.45) is 10.9 Å². The molecule has 8 heteroatoms. The Hall–Kier alpha value is -1.96. The summed E-state index contributed by atoms with van der Waals surface area (Å²) in [6.07, 6.45) is -1.63. The molecule has 5 nitrogen and oxygen atoms in total. The average molecular weight is 389 g/mol. The fourth-order valence-electron chi connectivity index (χ4n) is 2.62. The number of rotatable bonds is 11. The molecule has 0 saturated carbocycles. The molecule has 0 heterocycles. The van der Waals surface area contributed by atoms with Crippen LogP contribution in [0.4, 0.5) is 13.2 Å². The number of para-hydroxylation sites is 1. The Labute approximate surface area is 159 Å². The summed E-state index contributed by atoms with van der Waals surface area (Å²) in [6.45, 7) is 4.39. The molecule has 0 saturated heterocycles. The maximum atomic E-state index is 12.4. The number of alkyl halides is 3. The minimum Gasteiger partial charge on any atom is -0.484 e. The number of hydrogen-bond acceptors (Lipinski definition) is 3. The highest BCUT2D eigenvalue weighted by molar-refractivity contribution is 5.79. The summed E-state index contributed by atoms with van der Waals surface area (Å²) in [5.74, 6) is 1.10. The Kier molecular flexibility index (Phi) is 10.6. The van der Waals surface area contributed by atoms with Crippen LogP contribution in [0.25, 0.3) is 0 Å². The van der Waals surface area contributed by atoms with Crippen LogP contribution in [0.3, 0.4) is 0 Å². The van der Waals surface area contributed by atoms with Gasteiger partial charge in [-0.15, -0.1) is 0 Å². The Morgan fingerprint density at radius 3 is 2.56 bits per heavy atom. The van der Waals surface area contributed by atoms with Crippen molar-refractivity contribution < 1.29 is 23.0 Å². The SMILES string of the molecule is CCCC(CCO)CNC(=NCc1ccccc1OCC(F)(F)F)NCC. The molecular weight excluding hydrogens is 359 g/mol. The van der Waals surface area contributed by atoms with Crippen LogP contribution >= 0.6 is 0 Å². The molecule has 0 fully saturated rings. The number of benzene rings is 1. The quantitative estimate of drug-likeness (QED) is 0.400.